The lowest BCUT2D eigenvalue weighted by Crippen LogP contribution is -2.60. The van der Waals surface area contributed by atoms with Crippen molar-refractivity contribution in [3.05, 3.63) is 118 Å². The number of ether oxygens (including phenoxy) is 4. The van der Waals surface area contributed by atoms with E-state index in [4.69, 9.17) is 24.7 Å². The number of nitrogens with two attached hydrogens (primary N) is 1. The molecule has 4 aromatic carbocycles. The van der Waals surface area contributed by atoms with E-state index in [9.17, 15) is 72.4 Å². The molecule has 598 valence electrons. The Labute approximate surface area is 639 Å². The molecule has 0 fully saturated rings. The van der Waals surface area contributed by atoms with Gasteiger partial charge in [0.25, 0.3) is 5.69 Å². The summed E-state index contributed by atoms with van der Waals surface area (Å²) >= 11 is 0. The van der Waals surface area contributed by atoms with Crippen molar-refractivity contribution in [2.75, 3.05) is 63.9 Å². The molecule has 6 atom stereocenters. The van der Waals surface area contributed by atoms with Crippen LogP contribution in [0.2, 0.25) is 0 Å². The SMILES string of the molecule is CCN(CCN(CC(=O)N[C@H](C(=O)N[C@H](C(=O)N[C@@H](CCC(=O)OCCC(=O)NC[C@H](NC(=O)OC(C)(C)C)C(=O)N[C@@H](C)C(=O)NCC(=O)NCC(N)=O)C(=O)N[C@@H](CC(C)C)C(=O)OC(C)(C)C)C(C)C)C(C)C)C(=O)OCC1c2ccccc2-c2ccccc21)c1ccc(N=Nc2ccc([N+](=O)[O-])cc2)cc1. The summed E-state index contributed by atoms with van der Waals surface area (Å²) in [6.07, 6.45) is -3.29. The Bertz CT molecular complexity index is 3890. The molecule has 0 heterocycles. The van der Waals surface area contributed by atoms with Crippen molar-refractivity contribution in [3.63, 3.8) is 0 Å². The molecule has 0 bridgehead atoms. The zero-order chi connectivity index (χ0) is 81.7. The van der Waals surface area contributed by atoms with Crippen LogP contribution in [0.25, 0.3) is 11.1 Å². The van der Waals surface area contributed by atoms with Crippen molar-refractivity contribution in [1.29, 1.82) is 0 Å². The molecule has 0 aliphatic heterocycles. The number of azo groups is 1. The number of likely N-dealkylation sites (N-methyl/N-ethyl adjacent to an activating group) is 1. The fraction of sp³-hybridized carbons (Fsp3) is 0.513. The lowest BCUT2D eigenvalue weighted by atomic mass is 9.98. The number of alkyl carbamates (subject to hydrolysis) is 1. The quantitative estimate of drug-likeness (QED) is 0.00842. The van der Waals surface area contributed by atoms with Crippen LogP contribution in [-0.2, 0) is 71.7 Å². The Morgan fingerprint density at radius 1 is 0.564 bits per heavy atom. The standard InChI is InChI=1S/C76H105N15O19/c1-15-89(50-28-24-48(25-29-50)87-88-49-26-30-51(31-27-49)91(105)106)35-36-90(74(104)108-43-56-54-22-18-16-20-52(54)53-21-17-19-23-55(53)56)42-63(95)85-65(45(4)5)71(101)86-66(46(6)7)70(100)82-57(68(98)83-58(38-44(2)3)72(102)109-75(9,10)11)32-33-64(96)107-37-34-61(93)78-39-59(84-73(103)110-76(12,13)14)69(99)81-47(8)67(97)80-41-62(94)79-40-60(77)92/h16-31,44-47,56-59,65-66H,15,32-43H2,1-14H3,(H2,77,92)(H,78,93)(H,79,94)(H,80,97)(H,81,99)(H,82,100)(H,83,98)(H,84,103)(H,85,95)(H,86,101)/t47-,57-,58-,59-,65-,66-/m0/s1. The molecule has 0 unspecified atom stereocenters. The minimum atomic E-state index is -1.59. The largest absolute Gasteiger partial charge is 0.465 e. The molecule has 0 saturated carbocycles. The summed E-state index contributed by atoms with van der Waals surface area (Å²) in [6, 6.07) is 19.9. The molecule has 1 aliphatic rings. The number of carbonyl (C=O) groups is 13. The van der Waals surface area contributed by atoms with Gasteiger partial charge in [-0.05, 0) is 145 Å². The lowest BCUT2D eigenvalue weighted by Gasteiger charge is -2.30. The number of hydrogen-bond donors (Lipinski definition) is 10. The van der Waals surface area contributed by atoms with Gasteiger partial charge in [0.05, 0.1) is 35.8 Å². The van der Waals surface area contributed by atoms with Crippen molar-refractivity contribution in [1.82, 2.24) is 52.8 Å². The van der Waals surface area contributed by atoms with Crippen molar-refractivity contribution in [2.24, 2.45) is 33.7 Å². The van der Waals surface area contributed by atoms with E-state index in [2.05, 4.69) is 58.1 Å². The molecule has 11 amide bonds. The number of rotatable bonds is 40. The second kappa shape index (κ2) is 42.2. The van der Waals surface area contributed by atoms with Gasteiger partial charge in [-0.2, -0.15) is 10.2 Å². The van der Waals surface area contributed by atoms with Crippen LogP contribution in [0.5, 0.6) is 0 Å². The molecule has 0 spiro atoms. The Morgan fingerprint density at radius 2 is 1.11 bits per heavy atom. The Kier molecular flexibility index (Phi) is 34.2. The minimum Gasteiger partial charge on any atom is -0.465 e. The van der Waals surface area contributed by atoms with Gasteiger partial charge in [-0.1, -0.05) is 90.1 Å². The van der Waals surface area contributed by atoms with Gasteiger partial charge in [-0.3, -0.25) is 63.0 Å². The lowest BCUT2D eigenvalue weighted by molar-refractivity contribution is -0.384. The third-order valence-electron chi connectivity index (χ3n) is 16.7. The van der Waals surface area contributed by atoms with E-state index in [1.54, 1.807) is 93.5 Å². The Morgan fingerprint density at radius 3 is 1.65 bits per heavy atom. The van der Waals surface area contributed by atoms with Crippen LogP contribution in [0.3, 0.4) is 0 Å². The number of benzene rings is 4. The summed E-state index contributed by atoms with van der Waals surface area (Å²) < 4.78 is 22.4. The summed E-state index contributed by atoms with van der Waals surface area (Å²) in [7, 11) is 0. The van der Waals surface area contributed by atoms with E-state index in [1.165, 1.54) is 36.1 Å². The van der Waals surface area contributed by atoms with Crippen LogP contribution in [0.15, 0.2) is 107 Å². The number of esters is 2. The molecular weight excluding hydrogens is 1430 g/mol. The van der Waals surface area contributed by atoms with Crippen LogP contribution in [-0.4, -0.2) is 194 Å². The van der Waals surface area contributed by atoms with E-state index in [1.807, 2.05) is 74.2 Å². The van der Waals surface area contributed by atoms with Crippen LogP contribution in [0.4, 0.5) is 32.3 Å². The molecule has 34 nitrogen and oxygen atoms in total. The van der Waals surface area contributed by atoms with E-state index in [0.29, 0.717) is 17.9 Å². The maximum absolute atomic E-state index is 14.6. The first-order valence-electron chi connectivity index (χ1n) is 36.3. The Hall–Kier alpha value is -11.6. The maximum Gasteiger partial charge on any atom is 0.410 e. The molecule has 5 rings (SSSR count). The van der Waals surface area contributed by atoms with Crippen LogP contribution >= 0.6 is 0 Å². The number of hydrogen-bond acceptors (Lipinski definition) is 22. The van der Waals surface area contributed by atoms with Gasteiger partial charge in [-0.15, -0.1) is 0 Å². The maximum atomic E-state index is 14.6. The monoisotopic (exact) mass is 1530 g/mol. The zero-order valence-corrected chi connectivity index (χ0v) is 64.8. The second-order valence-electron chi connectivity index (χ2n) is 29.3. The number of nitro groups is 1. The molecule has 0 aromatic heterocycles. The average molecular weight is 1530 g/mol. The molecular formula is C76H105N15O19. The summed E-state index contributed by atoms with van der Waals surface area (Å²) in [5.74, 6) is -11.0. The fourth-order valence-corrected chi connectivity index (χ4v) is 11.2. The Balaban J connectivity index is 1.30. The third kappa shape index (κ3) is 29.9. The van der Waals surface area contributed by atoms with Crippen molar-refractivity contribution >= 4 is 100 Å². The summed E-state index contributed by atoms with van der Waals surface area (Å²) in [5, 5.41) is 42.0. The summed E-state index contributed by atoms with van der Waals surface area (Å²) in [6.45, 7) is 20.8. The van der Waals surface area contributed by atoms with Gasteiger partial charge in [-0.25, -0.2) is 14.4 Å². The highest BCUT2D eigenvalue weighted by atomic mass is 16.6. The van der Waals surface area contributed by atoms with E-state index in [0.717, 1.165) is 27.9 Å². The minimum absolute atomic E-state index is 0.0445. The van der Waals surface area contributed by atoms with Crippen molar-refractivity contribution < 1.29 is 86.2 Å². The highest BCUT2D eigenvalue weighted by Crippen LogP contribution is 2.44. The number of primary amides is 1. The van der Waals surface area contributed by atoms with Crippen LogP contribution in [0, 0.1) is 27.9 Å². The molecule has 0 saturated heterocycles. The first kappa shape index (κ1) is 89.0. The first-order chi connectivity index (χ1) is 51.7. The van der Waals surface area contributed by atoms with Gasteiger partial charge >= 0.3 is 24.1 Å². The smallest absolute Gasteiger partial charge is 0.410 e. The number of fused-ring (bicyclic) bond motifs is 3. The summed E-state index contributed by atoms with van der Waals surface area (Å²) in [5.41, 5.74) is 8.50. The number of anilines is 1. The molecule has 110 heavy (non-hydrogen) atoms. The van der Waals surface area contributed by atoms with Gasteiger partial charge in [0.2, 0.25) is 53.2 Å². The number of nitro benzene ring substituents is 1. The van der Waals surface area contributed by atoms with E-state index in [-0.39, 0.29) is 43.6 Å². The summed E-state index contributed by atoms with van der Waals surface area (Å²) in [4.78, 5) is 189. The van der Waals surface area contributed by atoms with E-state index >= 15 is 0 Å². The molecule has 1 aliphatic carbocycles. The molecule has 34 heteroatoms. The van der Waals surface area contributed by atoms with Gasteiger partial charge in [0.1, 0.15) is 67.2 Å². The molecule has 4 aromatic rings. The number of non-ortho nitro benzene ring substituents is 1. The van der Waals surface area contributed by atoms with Gasteiger partial charge in [0.15, 0.2) is 0 Å². The fourth-order valence-electron chi connectivity index (χ4n) is 11.2. The number of amides is 11. The average Bonchev–Trinajstić information content (AvgIpc) is 1.61. The number of nitrogens with zero attached hydrogens (tertiary/aromatic N) is 5. The van der Waals surface area contributed by atoms with Crippen molar-refractivity contribution in [2.45, 2.75) is 176 Å². The number of carbonyl (C=O) groups excluding carboxylic acids is 13. The third-order valence-corrected chi connectivity index (χ3v) is 16.7. The highest BCUT2D eigenvalue weighted by Gasteiger charge is 2.37. The van der Waals surface area contributed by atoms with E-state index < -0.39 is 194 Å². The zero-order valence-electron chi connectivity index (χ0n) is 64.8. The highest BCUT2D eigenvalue weighted by molar-refractivity contribution is 5.97. The second-order valence-corrected chi connectivity index (χ2v) is 29.3. The van der Waals surface area contributed by atoms with Crippen molar-refractivity contribution in [3.8, 4) is 11.1 Å². The normalized spacial score (nSPS) is 13.5. The number of nitrogens with one attached hydrogen (secondary N) is 9. The van der Waals surface area contributed by atoms with Crippen LogP contribution < -0.4 is 58.5 Å². The molecule has 11 N–H and O–H groups in total. The first-order valence-corrected chi connectivity index (χ1v) is 36.3. The predicted molar refractivity (Wildman–Crippen MR) is 405 cm³/mol. The van der Waals surface area contributed by atoms with Crippen LogP contribution in [0.1, 0.15) is 140 Å². The predicted octanol–water partition coefficient (Wildman–Crippen LogP) is 5.67. The topological polar surface area (TPSA) is 467 Å². The van der Waals surface area contributed by atoms with Gasteiger partial charge < -0.3 is 77.4 Å². The van der Waals surface area contributed by atoms with Gasteiger partial charge in [0, 0.05) is 56.3 Å². The molecule has 0 radical (unpaired) electrons.